The van der Waals surface area contributed by atoms with Crippen molar-refractivity contribution in [3.05, 3.63) is 22.7 Å². The van der Waals surface area contributed by atoms with Crippen LogP contribution < -0.4 is 5.73 Å². The van der Waals surface area contributed by atoms with Crippen molar-refractivity contribution in [1.29, 1.82) is 0 Å². The second-order valence-corrected chi connectivity index (χ2v) is 5.64. The maximum atomic E-state index is 11.6. The fourth-order valence-corrected chi connectivity index (χ4v) is 2.68. The highest BCUT2D eigenvalue weighted by Gasteiger charge is 2.19. The number of hydrogen-bond donors (Lipinski definition) is 1. The predicted octanol–water partition coefficient (Wildman–Crippen LogP) is 2.36. The molecule has 5 heteroatoms. The molecule has 2 rings (SSSR count). The zero-order valence-corrected chi connectivity index (χ0v) is 11.2. The lowest BCUT2D eigenvalue weighted by molar-refractivity contribution is -0.131. The Morgan fingerprint density at radius 3 is 2.81 bits per heavy atom. The summed E-state index contributed by atoms with van der Waals surface area (Å²) in [7, 11) is 0. The number of rotatable bonds is 3. The average molecular weight is 301 g/mol. The Labute approximate surface area is 108 Å². The van der Waals surface area contributed by atoms with Crippen LogP contribution in [0.3, 0.4) is 0 Å². The maximum Gasteiger partial charge on any atom is 0.232 e. The molecule has 0 aromatic heterocycles. The van der Waals surface area contributed by atoms with Gasteiger partial charge in [0.25, 0.3) is 0 Å². The third kappa shape index (κ3) is 2.71. The van der Waals surface area contributed by atoms with Gasteiger partial charge in [-0.3, -0.25) is 4.79 Å². The zero-order chi connectivity index (χ0) is 11.5. The number of amides is 1. The van der Waals surface area contributed by atoms with Crippen molar-refractivity contribution in [3.63, 3.8) is 0 Å². The number of carbonyl (C=O) groups is 1. The van der Waals surface area contributed by atoms with E-state index in [9.17, 15) is 4.79 Å². The van der Waals surface area contributed by atoms with E-state index >= 15 is 0 Å². The molecule has 0 atom stereocenters. The van der Waals surface area contributed by atoms with Gasteiger partial charge in [0.1, 0.15) is 0 Å². The van der Waals surface area contributed by atoms with Crippen LogP contribution >= 0.6 is 27.7 Å². The molecule has 0 radical (unpaired) electrons. The summed E-state index contributed by atoms with van der Waals surface area (Å²) in [5.74, 6) is 0.685. The van der Waals surface area contributed by atoms with Gasteiger partial charge in [-0.25, -0.2) is 0 Å². The molecule has 0 bridgehead atoms. The van der Waals surface area contributed by atoms with E-state index in [-0.39, 0.29) is 5.91 Å². The second kappa shape index (κ2) is 5.10. The van der Waals surface area contributed by atoms with Crippen molar-refractivity contribution in [3.8, 4) is 0 Å². The molecule has 1 heterocycles. The van der Waals surface area contributed by atoms with E-state index in [0.29, 0.717) is 5.75 Å². The minimum atomic E-state index is 0.207. The Morgan fingerprint density at radius 1 is 1.50 bits per heavy atom. The number of anilines is 1. The third-order valence-corrected chi connectivity index (χ3v) is 4.10. The topological polar surface area (TPSA) is 46.3 Å². The first-order valence-electron chi connectivity index (χ1n) is 5.12. The van der Waals surface area contributed by atoms with Gasteiger partial charge in [0.15, 0.2) is 0 Å². The molecule has 1 saturated heterocycles. The van der Waals surface area contributed by atoms with E-state index in [2.05, 4.69) is 15.9 Å². The first kappa shape index (κ1) is 11.8. The minimum Gasteiger partial charge on any atom is -0.398 e. The van der Waals surface area contributed by atoms with Crippen molar-refractivity contribution < 1.29 is 4.79 Å². The summed E-state index contributed by atoms with van der Waals surface area (Å²) in [6.45, 7) is 1.82. The number of halogens is 1. The molecule has 2 N–H and O–H groups in total. The van der Waals surface area contributed by atoms with Gasteiger partial charge in [0.2, 0.25) is 5.91 Å². The summed E-state index contributed by atoms with van der Waals surface area (Å²) in [6.07, 6.45) is 1.14. The number of benzene rings is 1. The lowest BCUT2D eigenvalue weighted by Crippen LogP contribution is -2.43. The number of nitrogens with two attached hydrogens (primary N) is 1. The van der Waals surface area contributed by atoms with E-state index in [0.717, 1.165) is 34.6 Å². The summed E-state index contributed by atoms with van der Waals surface area (Å²) >= 11 is 4.86. The smallest absolute Gasteiger partial charge is 0.232 e. The molecule has 1 aromatic carbocycles. The molecular weight excluding hydrogens is 288 g/mol. The van der Waals surface area contributed by atoms with Crippen LogP contribution in [0.4, 0.5) is 5.69 Å². The maximum absolute atomic E-state index is 11.6. The van der Waals surface area contributed by atoms with Gasteiger partial charge in [-0.05, 0) is 24.6 Å². The highest BCUT2D eigenvalue weighted by Crippen LogP contribution is 2.28. The normalized spacial score (nSPS) is 14.7. The van der Waals surface area contributed by atoms with E-state index < -0.39 is 0 Å². The molecule has 1 amide bonds. The highest BCUT2D eigenvalue weighted by atomic mass is 79.9. The van der Waals surface area contributed by atoms with Crippen LogP contribution in [0, 0.1) is 0 Å². The fraction of sp³-hybridized carbons (Fsp3) is 0.364. The summed E-state index contributed by atoms with van der Waals surface area (Å²) in [5.41, 5.74) is 6.57. The van der Waals surface area contributed by atoms with Gasteiger partial charge in [0, 0.05) is 28.1 Å². The van der Waals surface area contributed by atoms with Crippen molar-refractivity contribution >= 4 is 39.3 Å². The molecule has 0 saturated carbocycles. The molecule has 0 unspecified atom stereocenters. The average Bonchev–Trinajstić information content (AvgIpc) is 2.13. The number of thioether (sulfide) groups is 1. The van der Waals surface area contributed by atoms with Crippen LogP contribution in [-0.4, -0.2) is 29.6 Å². The van der Waals surface area contributed by atoms with E-state index in [1.165, 1.54) is 11.8 Å². The van der Waals surface area contributed by atoms with Crippen molar-refractivity contribution in [1.82, 2.24) is 4.90 Å². The molecule has 86 valence electrons. The lowest BCUT2D eigenvalue weighted by Gasteiger charge is -2.30. The van der Waals surface area contributed by atoms with E-state index in [1.807, 2.05) is 23.1 Å². The third-order valence-electron chi connectivity index (χ3n) is 2.53. The van der Waals surface area contributed by atoms with Crippen molar-refractivity contribution in [2.45, 2.75) is 11.3 Å². The predicted molar refractivity (Wildman–Crippen MR) is 70.5 cm³/mol. The summed E-state index contributed by atoms with van der Waals surface area (Å²) in [6, 6.07) is 5.73. The molecule has 1 fully saturated rings. The zero-order valence-electron chi connectivity index (χ0n) is 8.78. The quantitative estimate of drug-likeness (QED) is 0.688. The molecule has 0 spiro atoms. The molecule has 0 aliphatic carbocycles. The molecule has 3 nitrogen and oxygen atoms in total. The Morgan fingerprint density at radius 2 is 2.25 bits per heavy atom. The summed E-state index contributed by atoms with van der Waals surface area (Å²) < 4.78 is 0.961. The van der Waals surface area contributed by atoms with E-state index in [4.69, 9.17) is 5.73 Å². The van der Waals surface area contributed by atoms with Crippen LogP contribution in [0.2, 0.25) is 0 Å². The van der Waals surface area contributed by atoms with Crippen LogP contribution in [-0.2, 0) is 4.79 Å². The minimum absolute atomic E-state index is 0.207. The van der Waals surface area contributed by atoms with E-state index in [1.54, 1.807) is 0 Å². The number of hydrogen-bond acceptors (Lipinski definition) is 3. The van der Waals surface area contributed by atoms with Gasteiger partial charge < -0.3 is 10.6 Å². The number of nitrogen functional groups attached to an aromatic ring is 1. The van der Waals surface area contributed by atoms with Gasteiger partial charge in [-0.2, -0.15) is 0 Å². The number of likely N-dealkylation sites (tertiary alicyclic amines) is 1. The SMILES string of the molecule is Nc1cc(Br)ccc1SCC(=O)N1CCC1. The first-order chi connectivity index (χ1) is 7.66. The van der Waals surface area contributed by atoms with Crippen molar-refractivity contribution in [2.24, 2.45) is 0 Å². The summed E-state index contributed by atoms with van der Waals surface area (Å²) in [5, 5.41) is 0. The Hall–Kier alpha value is -0.680. The Balaban J connectivity index is 1.91. The molecule has 1 aliphatic rings. The second-order valence-electron chi connectivity index (χ2n) is 3.71. The number of carbonyl (C=O) groups excluding carboxylic acids is 1. The Kier molecular flexibility index (Phi) is 3.76. The highest BCUT2D eigenvalue weighted by molar-refractivity contribution is 9.10. The van der Waals surface area contributed by atoms with Gasteiger partial charge in [-0.15, -0.1) is 11.8 Å². The Bertz CT molecular complexity index is 407. The van der Waals surface area contributed by atoms with Gasteiger partial charge in [0.05, 0.1) is 5.75 Å². The lowest BCUT2D eigenvalue weighted by atomic mass is 10.2. The summed E-state index contributed by atoms with van der Waals surface area (Å²) in [4.78, 5) is 14.5. The fourth-order valence-electron chi connectivity index (χ4n) is 1.45. The molecule has 1 aromatic rings. The standard InChI is InChI=1S/C11H13BrN2OS/c12-8-2-3-10(9(13)6-8)16-7-11(15)14-4-1-5-14/h2-3,6H,1,4-5,7,13H2. The number of nitrogens with zero attached hydrogens (tertiary/aromatic N) is 1. The molecule has 1 aliphatic heterocycles. The van der Waals surface area contributed by atoms with Gasteiger partial charge in [-0.1, -0.05) is 15.9 Å². The van der Waals surface area contributed by atoms with Crippen LogP contribution in [0.15, 0.2) is 27.6 Å². The van der Waals surface area contributed by atoms with Crippen LogP contribution in [0.1, 0.15) is 6.42 Å². The van der Waals surface area contributed by atoms with Crippen LogP contribution in [0.25, 0.3) is 0 Å². The van der Waals surface area contributed by atoms with Crippen LogP contribution in [0.5, 0.6) is 0 Å². The monoisotopic (exact) mass is 300 g/mol. The van der Waals surface area contributed by atoms with Gasteiger partial charge >= 0.3 is 0 Å². The largest absolute Gasteiger partial charge is 0.398 e. The molecular formula is C11H13BrN2OS. The molecule has 16 heavy (non-hydrogen) atoms. The first-order valence-corrected chi connectivity index (χ1v) is 6.90. The van der Waals surface area contributed by atoms with Crippen molar-refractivity contribution in [2.75, 3.05) is 24.6 Å².